The average Bonchev–Trinajstić information content (AvgIpc) is 3.41. The summed E-state index contributed by atoms with van der Waals surface area (Å²) in [5.74, 6) is 0.160. The number of carbonyl (C=O) groups excluding carboxylic acids is 2. The van der Waals surface area contributed by atoms with Crippen LogP contribution in [-0.2, 0) is 10.2 Å². The van der Waals surface area contributed by atoms with Crippen molar-refractivity contribution in [3.8, 4) is 0 Å². The van der Waals surface area contributed by atoms with Crippen molar-refractivity contribution in [2.24, 2.45) is 0 Å². The number of ether oxygens (including phenoxy) is 1. The van der Waals surface area contributed by atoms with Crippen molar-refractivity contribution in [1.82, 2.24) is 15.8 Å². The van der Waals surface area contributed by atoms with Gasteiger partial charge in [0.1, 0.15) is 11.3 Å². The highest BCUT2D eigenvalue weighted by atomic mass is 16.6. The summed E-state index contributed by atoms with van der Waals surface area (Å²) in [5.41, 5.74) is 8.50. The van der Waals surface area contributed by atoms with Gasteiger partial charge in [0.2, 0.25) is 0 Å². The Kier molecular flexibility index (Phi) is 5.32. The molecule has 6 heteroatoms. The maximum absolute atomic E-state index is 12.6. The topological polar surface area (TPSA) is 80.3 Å². The molecular formula is C23H31N3O3. The minimum Gasteiger partial charge on any atom is -0.443 e. The fourth-order valence-corrected chi connectivity index (χ4v) is 3.33. The van der Waals surface area contributed by atoms with Crippen molar-refractivity contribution in [2.75, 3.05) is 0 Å². The van der Waals surface area contributed by atoms with E-state index in [0.717, 1.165) is 22.0 Å². The Labute approximate surface area is 172 Å². The Morgan fingerprint density at radius 3 is 2.24 bits per heavy atom. The number of hydrazine groups is 1. The van der Waals surface area contributed by atoms with Gasteiger partial charge in [-0.3, -0.25) is 10.2 Å². The lowest BCUT2D eigenvalue weighted by Gasteiger charge is -2.23. The summed E-state index contributed by atoms with van der Waals surface area (Å²) in [6, 6.07) is 6.22. The number of rotatable bonds is 2. The van der Waals surface area contributed by atoms with Crippen molar-refractivity contribution < 1.29 is 14.3 Å². The summed E-state index contributed by atoms with van der Waals surface area (Å²) in [6.07, 6.45) is 1.75. The molecule has 1 aliphatic carbocycles. The second-order valence-corrected chi connectivity index (χ2v) is 9.89. The fraction of sp³-hybridized carbons (Fsp3) is 0.522. The molecule has 2 N–H and O–H groups in total. The molecule has 1 aliphatic rings. The van der Waals surface area contributed by atoms with Crippen LogP contribution in [0.3, 0.4) is 0 Å². The van der Waals surface area contributed by atoms with Gasteiger partial charge in [0.25, 0.3) is 5.91 Å². The van der Waals surface area contributed by atoms with Gasteiger partial charge in [0, 0.05) is 5.39 Å². The third-order valence-corrected chi connectivity index (χ3v) is 4.91. The van der Waals surface area contributed by atoms with Gasteiger partial charge in [-0.1, -0.05) is 26.8 Å². The van der Waals surface area contributed by atoms with Gasteiger partial charge in [-0.2, -0.15) is 0 Å². The van der Waals surface area contributed by atoms with Crippen LogP contribution in [0.2, 0.25) is 0 Å². The molecule has 0 saturated heterocycles. The number of aromatic nitrogens is 1. The average molecular weight is 398 g/mol. The molecule has 156 valence electrons. The summed E-state index contributed by atoms with van der Waals surface area (Å²) < 4.78 is 5.14. The molecule has 1 fully saturated rings. The van der Waals surface area contributed by atoms with E-state index in [0.29, 0.717) is 5.92 Å². The minimum absolute atomic E-state index is 0.105. The second kappa shape index (κ2) is 7.32. The Balaban J connectivity index is 1.93. The molecule has 2 amide bonds. The molecule has 0 aliphatic heterocycles. The summed E-state index contributed by atoms with van der Waals surface area (Å²) in [7, 11) is 0. The molecule has 2 aromatic rings. The van der Waals surface area contributed by atoms with Crippen LogP contribution in [0, 0.1) is 6.92 Å². The van der Waals surface area contributed by atoms with E-state index in [1.807, 2.05) is 6.92 Å². The SMILES string of the molecule is Cc1cc(C(=O)NNC(=O)OC(C)(C)C)nc2c(C(C)(C)C)cc(C3CC3)cc12. The van der Waals surface area contributed by atoms with Crippen LogP contribution in [0.25, 0.3) is 10.9 Å². The van der Waals surface area contributed by atoms with E-state index in [1.165, 1.54) is 18.4 Å². The number of hydrogen-bond donors (Lipinski definition) is 2. The molecule has 1 aromatic carbocycles. The number of hydrogen-bond acceptors (Lipinski definition) is 4. The highest BCUT2D eigenvalue weighted by Crippen LogP contribution is 2.43. The first-order valence-corrected chi connectivity index (χ1v) is 10.1. The monoisotopic (exact) mass is 397 g/mol. The van der Waals surface area contributed by atoms with E-state index < -0.39 is 17.6 Å². The summed E-state index contributed by atoms with van der Waals surface area (Å²) in [4.78, 5) is 29.1. The molecule has 0 radical (unpaired) electrons. The minimum atomic E-state index is -0.715. The molecule has 3 rings (SSSR count). The highest BCUT2D eigenvalue weighted by molar-refractivity contribution is 5.97. The zero-order valence-electron chi connectivity index (χ0n) is 18.4. The van der Waals surface area contributed by atoms with Crippen LogP contribution in [-0.4, -0.2) is 22.6 Å². The van der Waals surface area contributed by atoms with Crippen LogP contribution in [0.5, 0.6) is 0 Å². The normalized spacial score (nSPS) is 14.6. The largest absolute Gasteiger partial charge is 0.443 e. The zero-order chi connectivity index (χ0) is 21.6. The summed E-state index contributed by atoms with van der Waals surface area (Å²) in [6.45, 7) is 13.7. The van der Waals surface area contributed by atoms with Crippen LogP contribution in [0.15, 0.2) is 18.2 Å². The maximum Gasteiger partial charge on any atom is 0.426 e. The number of nitrogens with one attached hydrogen (secondary N) is 2. The summed E-state index contributed by atoms with van der Waals surface area (Å²) >= 11 is 0. The zero-order valence-corrected chi connectivity index (χ0v) is 18.4. The lowest BCUT2D eigenvalue weighted by molar-refractivity contribution is 0.0483. The first-order chi connectivity index (χ1) is 13.3. The fourth-order valence-electron chi connectivity index (χ4n) is 3.33. The molecule has 1 aromatic heterocycles. The van der Waals surface area contributed by atoms with Crippen molar-refractivity contribution in [3.05, 3.63) is 40.6 Å². The quantitative estimate of drug-likeness (QED) is 0.707. The lowest BCUT2D eigenvalue weighted by atomic mass is 9.83. The predicted octanol–water partition coefficient (Wildman–Crippen LogP) is 4.89. The van der Waals surface area contributed by atoms with Gasteiger partial charge in [-0.15, -0.1) is 0 Å². The Morgan fingerprint density at radius 1 is 1.03 bits per heavy atom. The van der Waals surface area contributed by atoms with Gasteiger partial charge >= 0.3 is 6.09 Å². The smallest absolute Gasteiger partial charge is 0.426 e. The van der Waals surface area contributed by atoms with E-state index >= 15 is 0 Å². The molecule has 0 atom stereocenters. The molecule has 6 nitrogen and oxygen atoms in total. The highest BCUT2D eigenvalue weighted by Gasteiger charge is 2.28. The molecule has 29 heavy (non-hydrogen) atoms. The Bertz CT molecular complexity index is 964. The Hall–Kier alpha value is -2.63. The van der Waals surface area contributed by atoms with Crippen LogP contribution < -0.4 is 10.9 Å². The molecule has 1 heterocycles. The van der Waals surface area contributed by atoms with Crippen molar-refractivity contribution >= 4 is 22.9 Å². The number of amides is 2. The lowest BCUT2D eigenvalue weighted by Crippen LogP contribution is -2.44. The van der Waals surface area contributed by atoms with Gasteiger partial charge in [0.05, 0.1) is 5.52 Å². The number of benzene rings is 1. The van der Waals surface area contributed by atoms with Gasteiger partial charge < -0.3 is 4.74 Å². The number of nitrogens with zero attached hydrogens (tertiary/aromatic N) is 1. The van der Waals surface area contributed by atoms with Crippen LogP contribution >= 0.6 is 0 Å². The number of carbonyl (C=O) groups is 2. The molecule has 1 saturated carbocycles. The molecule has 0 spiro atoms. The first kappa shape index (κ1) is 21.1. The molecule has 0 bridgehead atoms. The van der Waals surface area contributed by atoms with Crippen molar-refractivity contribution in [2.45, 2.75) is 78.2 Å². The number of aryl methyl sites for hydroxylation is 1. The Morgan fingerprint density at radius 2 is 1.69 bits per heavy atom. The third-order valence-electron chi connectivity index (χ3n) is 4.91. The van der Waals surface area contributed by atoms with Gasteiger partial charge in [-0.25, -0.2) is 15.2 Å². The molecular weight excluding hydrogens is 366 g/mol. The first-order valence-electron chi connectivity index (χ1n) is 10.1. The molecule has 0 unspecified atom stereocenters. The second-order valence-electron chi connectivity index (χ2n) is 9.89. The predicted molar refractivity (Wildman–Crippen MR) is 114 cm³/mol. The van der Waals surface area contributed by atoms with E-state index in [4.69, 9.17) is 4.74 Å². The van der Waals surface area contributed by atoms with E-state index in [1.54, 1.807) is 26.8 Å². The summed E-state index contributed by atoms with van der Waals surface area (Å²) in [5, 5.41) is 1.08. The van der Waals surface area contributed by atoms with Crippen molar-refractivity contribution in [1.29, 1.82) is 0 Å². The van der Waals surface area contributed by atoms with E-state index in [2.05, 4.69) is 48.7 Å². The standard InChI is InChI=1S/C23H31N3O3/c1-13-10-18(20(27)25-26-21(28)29-23(5,6)7)24-19-16(13)11-15(14-8-9-14)12-17(19)22(2,3)4/h10-12,14H,8-9H2,1-7H3,(H,25,27)(H,26,28). The van der Waals surface area contributed by atoms with E-state index in [-0.39, 0.29) is 11.1 Å². The van der Waals surface area contributed by atoms with Gasteiger partial charge in [0.15, 0.2) is 0 Å². The van der Waals surface area contributed by atoms with E-state index in [9.17, 15) is 9.59 Å². The number of pyridine rings is 1. The van der Waals surface area contributed by atoms with Crippen LogP contribution in [0.4, 0.5) is 4.79 Å². The van der Waals surface area contributed by atoms with Crippen molar-refractivity contribution in [3.63, 3.8) is 0 Å². The number of fused-ring (bicyclic) bond motifs is 1. The van der Waals surface area contributed by atoms with Crippen LogP contribution in [0.1, 0.15) is 87.5 Å². The maximum atomic E-state index is 12.6. The van der Waals surface area contributed by atoms with Gasteiger partial charge in [-0.05, 0) is 80.7 Å². The third kappa shape index (κ3) is 5.05.